The van der Waals surface area contributed by atoms with E-state index >= 15 is 0 Å². The summed E-state index contributed by atoms with van der Waals surface area (Å²) in [7, 11) is 0.129. The first-order valence-electron chi connectivity index (χ1n) is 32.4. The number of hydrogen-bond donors (Lipinski definition) is 0. The van der Waals surface area contributed by atoms with Gasteiger partial charge in [0.1, 0.15) is 18.8 Å². The molecule has 0 radical (unpaired) electrons. The molecular weight excluding hydrogens is 1000 g/mol. The van der Waals surface area contributed by atoms with Gasteiger partial charge in [0.2, 0.25) is 6.10 Å². The molecule has 0 saturated heterocycles. The van der Waals surface area contributed by atoms with Gasteiger partial charge in [-0.2, -0.15) is 0 Å². The summed E-state index contributed by atoms with van der Waals surface area (Å²) in [5, 5.41) is 0.146. The third-order valence-corrected chi connectivity index (χ3v) is 20.0. The minimum atomic E-state index is -1.82. The number of esters is 4. The van der Waals surface area contributed by atoms with E-state index in [1.807, 2.05) is 7.05 Å². The second kappa shape index (κ2) is 51.2. The van der Waals surface area contributed by atoms with E-state index in [9.17, 15) is 24.0 Å². The Morgan fingerprint density at radius 2 is 0.795 bits per heavy atom. The van der Waals surface area contributed by atoms with E-state index in [1.54, 1.807) is 0 Å². The first-order valence-corrected chi connectivity index (χ1v) is 35.3. The van der Waals surface area contributed by atoms with Crippen molar-refractivity contribution in [2.45, 2.75) is 335 Å². The van der Waals surface area contributed by atoms with Crippen LogP contribution in [0.2, 0.25) is 18.1 Å². The highest BCUT2D eigenvalue weighted by Crippen LogP contribution is 2.36. The molecule has 0 aliphatic rings. The van der Waals surface area contributed by atoms with Gasteiger partial charge in [-0.25, -0.2) is 9.59 Å². The molecule has 0 bridgehead atoms. The van der Waals surface area contributed by atoms with Crippen LogP contribution in [0.15, 0.2) is 0 Å². The van der Waals surface area contributed by atoms with E-state index in [2.05, 4.69) is 66.5 Å². The van der Waals surface area contributed by atoms with Gasteiger partial charge in [-0.1, -0.05) is 190 Å². The SMILES string of the molecule is CCCCCCCCC(CCCCCC)OC(=O)CCCCCCCOC(=O)CCC(OC(=O)OCCN(C)CCCO[Si](C)(C)C(C)(C)C)C(=O)OCCCCCCCC(=O)OC(CCCCCC)CCCCCCCC. The topological polar surface area (TPSA) is 153 Å². The fourth-order valence-corrected chi connectivity index (χ4v) is 10.2. The molecule has 3 unspecified atom stereocenters. The Bertz CT molecular complexity index is 1460. The van der Waals surface area contributed by atoms with Crippen LogP contribution in [0.5, 0.6) is 0 Å². The average Bonchev–Trinajstić information content (AvgIpc) is 3.39. The van der Waals surface area contributed by atoms with Crippen molar-refractivity contribution in [3.8, 4) is 0 Å². The van der Waals surface area contributed by atoms with Crippen LogP contribution in [0.1, 0.15) is 299 Å². The molecule has 0 aromatic rings. The number of ether oxygens (including phenoxy) is 6. The maximum Gasteiger partial charge on any atom is 0.509 e. The molecule has 0 aliphatic heterocycles. The summed E-state index contributed by atoms with van der Waals surface area (Å²) in [4.78, 5) is 66.6. The molecule has 0 heterocycles. The zero-order valence-corrected chi connectivity index (χ0v) is 53.4. The lowest BCUT2D eigenvalue weighted by Gasteiger charge is -2.36. The number of carbonyl (C=O) groups excluding carboxylic acids is 5. The predicted octanol–water partition coefficient (Wildman–Crippen LogP) is 17.7. The molecule has 0 aromatic heterocycles. The van der Waals surface area contributed by atoms with Gasteiger partial charge in [0.05, 0.1) is 13.2 Å². The Balaban J connectivity index is 4.95. The lowest BCUT2D eigenvalue weighted by molar-refractivity contribution is -0.157. The Kier molecular flexibility index (Phi) is 49.4. The highest BCUT2D eigenvalue weighted by molar-refractivity contribution is 6.74. The summed E-state index contributed by atoms with van der Waals surface area (Å²) in [6.45, 7) is 22.4. The fraction of sp³-hybridized carbons (Fsp3) is 0.922. The van der Waals surface area contributed by atoms with Crippen LogP contribution >= 0.6 is 0 Å². The van der Waals surface area contributed by atoms with Crippen LogP contribution in [0, 0.1) is 0 Å². The van der Waals surface area contributed by atoms with Crippen molar-refractivity contribution in [1.29, 1.82) is 0 Å². The number of nitrogens with zero attached hydrogens (tertiary/aromatic N) is 1. The first kappa shape index (κ1) is 75.3. The molecule has 0 spiro atoms. The molecule has 14 heteroatoms. The molecular formula is C64H123NO12Si. The minimum absolute atomic E-state index is 0.0187. The second-order valence-corrected chi connectivity index (χ2v) is 28.8. The number of hydrogen-bond acceptors (Lipinski definition) is 13. The standard InChI is InChI=1S/C64H123NO12Si/c1-11-15-19-23-27-35-44-56(42-33-21-17-13-3)75-60(67)46-37-29-25-31-39-52-71-59(66)49-48-58(77-63(70)73-55-51-65(8)50-41-54-74-78(9,10)64(5,6)7)62(69)72-53-40-32-26-30-38-47-61(68)76-57(43-34-22-18-14-4)45-36-28-24-20-16-12-2/h56-58H,11-55H2,1-10H3. The summed E-state index contributed by atoms with van der Waals surface area (Å²) in [5.41, 5.74) is 0. The summed E-state index contributed by atoms with van der Waals surface area (Å²) in [6, 6.07) is 0. The zero-order chi connectivity index (χ0) is 58.0. The van der Waals surface area contributed by atoms with E-state index in [4.69, 9.17) is 32.8 Å². The molecule has 0 N–H and O–H groups in total. The molecule has 0 saturated carbocycles. The molecule has 0 aliphatic carbocycles. The van der Waals surface area contributed by atoms with Crippen molar-refractivity contribution >= 4 is 38.3 Å². The van der Waals surface area contributed by atoms with Gasteiger partial charge < -0.3 is 37.7 Å². The summed E-state index contributed by atoms with van der Waals surface area (Å²) >= 11 is 0. The van der Waals surface area contributed by atoms with E-state index in [0.29, 0.717) is 38.8 Å². The summed E-state index contributed by atoms with van der Waals surface area (Å²) in [6.07, 6.45) is 35.3. The minimum Gasteiger partial charge on any atom is -0.466 e. The van der Waals surface area contributed by atoms with E-state index in [-0.39, 0.29) is 61.8 Å². The Hall–Kier alpha value is -2.71. The van der Waals surface area contributed by atoms with E-state index in [0.717, 1.165) is 116 Å². The van der Waals surface area contributed by atoms with Crippen LogP contribution in [-0.2, 0) is 52.0 Å². The van der Waals surface area contributed by atoms with Crippen LogP contribution < -0.4 is 0 Å². The molecule has 13 nitrogen and oxygen atoms in total. The summed E-state index contributed by atoms with van der Waals surface area (Å²) < 4.78 is 40.1. The lowest BCUT2D eigenvalue weighted by atomic mass is 10.0. The van der Waals surface area contributed by atoms with Crippen molar-refractivity contribution in [3.05, 3.63) is 0 Å². The van der Waals surface area contributed by atoms with Crippen molar-refractivity contribution in [3.63, 3.8) is 0 Å². The van der Waals surface area contributed by atoms with Crippen molar-refractivity contribution in [2.75, 3.05) is 46.6 Å². The maximum atomic E-state index is 13.3. The molecule has 460 valence electrons. The number of unbranched alkanes of at least 4 members (excludes halogenated alkanes) is 24. The molecule has 0 fully saturated rings. The van der Waals surface area contributed by atoms with Gasteiger partial charge in [-0.15, -0.1) is 0 Å². The highest BCUT2D eigenvalue weighted by Gasteiger charge is 2.37. The Labute approximate surface area is 480 Å². The van der Waals surface area contributed by atoms with Crippen LogP contribution in [-0.4, -0.2) is 108 Å². The Morgan fingerprint density at radius 3 is 1.24 bits per heavy atom. The maximum absolute atomic E-state index is 13.3. The van der Waals surface area contributed by atoms with E-state index < -0.39 is 32.5 Å². The third-order valence-electron chi connectivity index (χ3n) is 15.4. The number of rotatable bonds is 55. The Morgan fingerprint density at radius 1 is 0.397 bits per heavy atom. The first-order chi connectivity index (χ1) is 37.5. The van der Waals surface area contributed by atoms with Gasteiger partial charge in [0, 0.05) is 45.4 Å². The quantitative estimate of drug-likeness (QED) is 0.0246. The van der Waals surface area contributed by atoms with Crippen LogP contribution in [0.4, 0.5) is 4.79 Å². The van der Waals surface area contributed by atoms with Crippen LogP contribution in [0.25, 0.3) is 0 Å². The normalized spacial score (nSPS) is 13.0. The zero-order valence-electron chi connectivity index (χ0n) is 52.4. The monoisotopic (exact) mass is 1130 g/mol. The summed E-state index contributed by atoms with van der Waals surface area (Å²) in [5.74, 6) is -1.40. The highest BCUT2D eigenvalue weighted by atomic mass is 28.4. The van der Waals surface area contributed by atoms with Crippen LogP contribution in [0.3, 0.4) is 0 Å². The van der Waals surface area contributed by atoms with E-state index in [1.165, 1.54) is 103 Å². The van der Waals surface area contributed by atoms with Crippen molar-refractivity contribution in [1.82, 2.24) is 4.90 Å². The van der Waals surface area contributed by atoms with Crippen molar-refractivity contribution < 1.29 is 56.8 Å². The van der Waals surface area contributed by atoms with Gasteiger partial charge in [0.15, 0.2) is 8.32 Å². The molecule has 0 rings (SSSR count). The van der Waals surface area contributed by atoms with Gasteiger partial charge >= 0.3 is 30.0 Å². The number of likely N-dealkylation sites (N-methyl/N-ethyl adjacent to an activating group) is 1. The smallest absolute Gasteiger partial charge is 0.466 e. The molecule has 0 aromatic carbocycles. The lowest BCUT2D eigenvalue weighted by Crippen LogP contribution is -2.41. The third kappa shape index (κ3) is 46.0. The fourth-order valence-electron chi connectivity index (χ4n) is 9.14. The molecule has 78 heavy (non-hydrogen) atoms. The number of carbonyl (C=O) groups is 5. The van der Waals surface area contributed by atoms with Gasteiger partial charge in [0.25, 0.3) is 0 Å². The largest absolute Gasteiger partial charge is 0.509 e. The molecule has 0 amide bonds. The predicted molar refractivity (Wildman–Crippen MR) is 321 cm³/mol. The van der Waals surface area contributed by atoms with Crippen molar-refractivity contribution in [2.24, 2.45) is 0 Å². The van der Waals surface area contributed by atoms with Gasteiger partial charge in [-0.05, 0) is 109 Å². The van der Waals surface area contributed by atoms with Gasteiger partial charge in [-0.3, -0.25) is 14.4 Å². The second-order valence-electron chi connectivity index (χ2n) is 24.0. The molecule has 3 atom stereocenters. The average molecular weight is 1130 g/mol.